The molecule has 2 aromatic heterocycles. The minimum absolute atomic E-state index is 0.202. The molecule has 0 aliphatic carbocycles. The summed E-state index contributed by atoms with van der Waals surface area (Å²) in [6.07, 6.45) is 1.94. The van der Waals surface area contributed by atoms with Crippen LogP contribution >= 0.6 is 0 Å². The van der Waals surface area contributed by atoms with E-state index in [9.17, 15) is 0 Å². The molecule has 0 amide bonds. The van der Waals surface area contributed by atoms with Gasteiger partial charge in [-0.1, -0.05) is 27.7 Å². The van der Waals surface area contributed by atoms with E-state index in [0.29, 0.717) is 5.92 Å². The Morgan fingerprint density at radius 1 is 0.714 bits per heavy atom. The van der Waals surface area contributed by atoms with Crippen LogP contribution in [0.2, 0.25) is 17.3 Å². The van der Waals surface area contributed by atoms with Gasteiger partial charge in [-0.05, 0) is 23.0 Å². The molecule has 5 rings (SSSR count). The quantitative estimate of drug-likeness (QED) is 0.220. The number of pyridine rings is 1. The third-order valence-electron chi connectivity index (χ3n) is 7.43. The molecule has 0 aliphatic rings. The average molecular weight is 522 g/mol. The number of hydrogen-bond donors (Lipinski definition) is 0. The molecule has 0 radical (unpaired) electrons. The molecule has 0 aliphatic heterocycles. The molecule has 0 fully saturated rings. The summed E-state index contributed by atoms with van der Waals surface area (Å²) < 4.78 is 7.72. The summed E-state index contributed by atoms with van der Waals surface area (Å²) >= 11 is -1.82. The van der Waals surface area contributed by atoms with Crippen molar-refractivity contribution in [3.63, 3.8) is 0 Å². The minimum atomic E-state index is -1.82. The van der Waals surface area contributed by atoms with E-state index < -0.39 is 13.3 Å². The SMILES string of the molecule is CC(c1ccnc(-c2ccc3oc4ccc(-c5cc[c]([Ge]([CH3])([CH3])[CH3])cc5)cc4c3c2)c1)C(C)(C)C. The fourth-order valence-electron chi connectivity index (χ4n) is 4.65. The molecule has 0 N–H and O–H groups in total. The first kappa shape index (κ1) is 23.9. The summed E-state index contributed by atoms with van der Waals surface area (Å²) in [6, 6.07) is 26.5. The van der Waals surface area contributed by atoms with Crippen LogP contribution in [0.3, 0.4) is 0 Å². The van der Waals surface area contributed by atoms with Crippen molar-refractivity contribution in [3.05, 3.63) is 84.6 Å². The summed E-state index contributed by atoms with van der Waals surface area (Å²) in [6.45, 7) is 9.17. The Morgan fingerprint density at radius 2 is 1.29 bits per heavy atom. The Hall–Kier alpha value is -2.85. The Labute approximate surface area is 211 Å². The molecule has 3 aromatic carbocycles. The van der Waals surface area contributed by atoms with Crippen molar-refractivity contribution in [3.8, 4) is 22.4 Å². The zero-order valence-corrected chi connectivity index (χ0v) is 24.0. The van der Waals surface area contributed by atoms with Gasteiger partial charge in [0.05, 0.1) is 0 Å². The molecule has 2 nitrogen and oxygen atoms in total. The molecule has 0 saturated heterocycles. The van der Waals surface area contributed by atoms with Gasteiger partial charge in [-0.3, -0.25) is 0 Å². The third kappa shape index (κ3) is 4.69. The smallest absolute Gasteiger partial charge is 0.0596 e. The van der Waals surface area contributed by atoms with Gasteiger partial charge in [0.2, 0.25) is 0 Å². The van der Waals surface area contributed by atoms with E-state index in [1.165, 1.54) is 21.1 Å². The number of aromatic nitrogens is 1. The van der Waals surface area contributed by atoms with Gasteiger partial charge in [-0.2, -0.15) is 0 Å². The minimum Gasteiger partial charge on any atom is -0.0596 e. The van der Waals surface area contributed by atoms with Crippen molar-refractivity contribution in [1.82, 2.24) is 4.98 Å². The van der Waals surface area contributed by atoms with Crippen LogP contribution in [0.25, 0.3) is 44.3 Å². The fraction of sp³-hybridized carbons (Fsp3) is 0.281. The van der Waals surface area contributed by atoms with Crippen molar-refractivity contribution < 1.29 is 4.42 Å². The van der Waals surface area contributed by atoms with E-state index in [-0.39, 0.29) is 5.41 Å². The van der Waals surface area contributed by atoms with E-state index in [4.69, 9.17) is 9.40 Å². The number of fused-ring (bicyclic) bond motifs is 3. The maximum atomic E-state index is 6.19. The van der Waals surface area contributed by atoms with Gasteiger partial charge in [0.25, 0.3) is 0 Å². The standard InChI is InChI=1S/C32H35GeNO/c1-21(32(2,3)4)23-16-17-34-29(20-23)25-11-15-31-28(19-25)27-18-24(10-14-30(27)35-31)22-8-12-26(13-9-22)33(5,6)7/h8-21H,1-7H3. The van der Waals surface area contributed by atoms with Crippen LogP contribution in [0, 0.1) is 5.41 Å². The normalized spacial score (nSPS) is 13.5. The molecule has 1 unspecified atom stereocenters. The van der Waals surface area contributed by atoms with Gasteiger partial charge in [-0.25, -0.2) is 0 Å². The van der Waals surface area contributed by atoms with Gasteiger partial charge < -0.3 is 0 Å². The Balaban J connectivity index is 1.57. The molecule has 2 heterocycles. The van der Waals surface area contributed by atoms with Crippen molar-refractivity contribution in [2.75, 3.05) is 0 Å². The monoisotopic (exact) mass is 523 g/mol. The molecular formula is C32H35GeNO. The zero-order chi connectivity index (χ0) is 25.0. The molecule has 35 heavy (non-hydrogen) atoms. The van der Waals surface area contributed by atoms with E-state index in [1.807, 2.05) is 6.20 Å². The second-order valence-corrected chi connectivity index (χ2v) is 22.6. The van der Waals surface area contributed by atoms with Crippen LogP contribution in [0.5, 0.6) is 0 Å². The number of benzene rings is 3. The molecule has 0 spiro atoms. The number of rotatable bonds is 4. The van der Waals surface area contributed by atoms with E-state index in [0.717, 1.165) is 33.2 Å². The Bertz CT molecular complexity index is 1510. The molecular weight excluding hydrogens is 487 g/mol. The number of hydrogen-bond acceptors (Lipinski definition) is 2. The van der Waals surface area contributed by atoms with Crippen LogP contribution in [-0.2, 0) is 0 Å². The molecule has 3 heteroatoms. The maximum absolute atomic E-state index is 6.19. The van der Waals surface area contributed by atoms with Crippen molar-refractivity contribution in [2.24, 2.45) is 5.41 Å². The molecule has 5 aromatic rings. The third-order valence-corrected chi connectivity index (χ3v) is 11.8. The van der Waals surface area contributed by atoms with Gasteiger partial charge in [0.15, 0.2) is 0 Å². The Morgan fingerprint density at radius 3 is 1.89 bits per heavy atom. The summed E-state index contributed by atoms with van der Waals surface area (Å²) in [4.78, 5) is 4.71. The fourth-order valence-corrected chi connectivity index (χ4v) is 7.10. The van der Waals surface area contributed by atoms with Gasteiger partial charge in [0, 0.05) is 6.20 Å². The topological polar surface area (TPSA) is 26.0 Å². The van der Waals surface area contributed by atoms with Crippen LogP contribution in [0.1, 0.15) is 39.2 Å². The van der Waals surface area contributed by atoms with E-state index in [1.54, 1.807) is 0 Å². The zero-order valence-electron chi connectivity index (χ0n) is 21.9. The van der Waals surface area contributed by atoms with E-state index in [2.05, 4.69) is 118 Å². The van der Waals surface area contributed by atoms with Gasteiger partial charge >= 0.3 is 155 Å². The van der Waals surface area contributed by atoms with Gasteiger partial charge in [-0.15, -0.1) is 0 Å². The van der Waals surface area contributed by atoms with Crippen molar-refractivity contribution in [1.29, 1.82) is 0 Å². The van der Waals surface area contributed by atoms with Crippen LogP contribution < -0.4 is 4.40 Å². The first-order valence-electron chi connectivity index (χ1n) is 12.5. The van der Waals surface area contributed by atoms with Crippen LogP contribution in [0.15, 0.2) is 83.4 Å². The first-order chi connectivity index (χ1) is 16.5. The van der Waals surface area contributed by atoms with E-state index >= 15 is 0 Å². The molecule has 1 atom stereocenters. The molecule has 0 saturated carbocycles. The van der Waals surface area contributed by atoms with Crippen LogP contribution in [0.4, 0.5) is 0 Å². The summed E-state index contributed by atoms with van der Waals surface area (Å²) in [7, 11) is 0. The summed E-state index contributed by atoms with van der Waals surface area (Å²) in [5, 5.41) is 2.29. The predicted octanol–water partition coefficient (Wildman–Crippen LogP) is 9.01. The Kier molecular flexibility index (Phi) is 5.91. The molecule has 0 bridgehead atoms. The first-order valence-corrected chi connectivity index (χ1v) is 19.9. The summed E-state index contributed by atoms with van der Waals surface area (Å²) in [5.74, 6) is 7.75. The van der Waals surface area contributed by atoms with Crippen molar-refractivity contribution in [2.45, 2.75) is 50.9 Å². The second-order valence-electron chi connectivity index (χ2n) is 11.9. The predicted molar refractivity (Wildman–Crippen MR) is 153 cm³/mol. The van der Waals surface area contributed by atoms with Crippen LogP contribution in [-0.4, -0.2) is 18.3 Å². The summed E-state index contributed by atoms with van der Waals surface area (Å²) in [5.41, 5.74) is 7.96. The second kappa shape index (κ2) is 8.67. The van der Waals surface area contributed by atoms with Crippen molar-refractivity contribution >= 4 is 39.6 Å². The average Bonchev–Trinajstić information content (AvgIpc) is 3.20. The van der Waals surface area contributed by atoms with Gasteiger partial charge in [0.1, 0.15) is 0 Å². The number of furan rings is 1. The molecule has 178 valence electrons. The number of nitrogens with zero attached hydrogens (tertiary/aromatic N) is 1.